The molecule has 1 unspecified atom stereocenters. The number of rotatable bonds is 5. The summed E-state index contributed by atoms with van der Waals surface area (Å²) < 4.78 is 10.3. The highest BCUT2D eigenvalue weighted by Gasteiger charge is 2.28. The monoisotopic (exact) mass is 317 g/mol. The first kappa shape index (κ1) is 17.1. The molecular weight excluding hydrogens is 294 g/mol. The molecule has 0 N–H and O–H groups in total. The van der Waals surface area contributed by atoms with Gasteiger partial charge in [-0.05, 0) is 31.9 Å². The molecule has 23 heavy (non-hydrogen) atoms. The lowest BCUT2D eigenvalue weighted by molar-refractivity contribution is -0.150. The van der Waals surface area contributed by atoms with Gasteiger partial charge in [0, 0.05) is 24.7 Å². The molecule has 124 valence electrons. The van der Waals surface area contributed by atoms with E-state index in [1.54, 1.807) is 25.0 Å². The quantitative estimate of drug-likeness (QED) is 0.618. The fraction of sp³-hybridized carbons (Fsp3) is 0.444. The van der Waals surface area contributed by atoms with Crippen LogP contribution in [0.25, 0.3) is 6.08 Å². The molecule has 0 aliphatic carbocycles. The molecule has 0 saturated carbocycles. The van der Waals surface area contributed by atoms with Crippen LogP contribution in [0, 0.1) is 5.92 Å². The van der Waals surface area contributed by atoms with Crippen molar-refractivity contribution >= 4 is 18.0 Å². The zero-order valence-corrected chi connectivity index (χ0v) is 13.7. The first-order valence-electron chi connectivity index (χ1n) is 7.92. The molecule has 1 aliphatic rings. The fourth-order valence-electron chi connectivity index (χ4n) is 2.70. The summed E-state index contributed by atoms with van der Waals surface area (Å²) in [5.74, 6) is 0.204. The Kier molecular flexibility index (Phi) is 6.20. The van der Waals surface area contributed by atoms with Crippen LogP contribution in [-0.2, 0) is 14.3 Å². The number of nitrogens with zero attached hydrogens (tertiary/aromatic N) is 1. The number of amides is 1. The average Bonchev–Trinajstić information content (AvgIpc) is 2.60. The highest BCUT2D eigenvalue weighted by Crippen LogP contribution is 2.20. The van der Waals surface area contributed by atoms with E-state index < -0.39 is 0 Å². The highest BCUT2D eigenvalue weighted by molar-refractivity contribution is 5.92. The number of methoxy groups -OCH3 is 1. The summed E-state index contributed by atoms with van der Waals surface area (Å²) in [7, 11) is 1.60. The summed E-state index contributed by atoms with van der Waals surface area (Å²) in [6.07, 6.45) is 4.87. The van der Waals surface area contributed by atoms with Crippen molar-refractivity contribution in [2.24, 2.45) is 5.92 Å². The van der Waals surface area contributed by atoms with Gasteiger partial charge in [0.2, 0.25) is 5.91 Å². The van der Waals surface area contributed by atoms with Gasteiger partial charge in [-0.15, -0.1) is 0 Å². The third kappa shape index (κ3) is 4.58. The summed E-state index contributed by atoms with van der Waals surface area (Å²) in [5, 5.41) is 0. The number of hydrogen-bond acceptors (Lipinski definition) is 4. The number of piperidine rings is 1. The SMILES string of the molecule is CCOC(=O)C1CCCN(C(=O)/C=C/c2ccccc2OC)C1. The van der Waals surface area contributed by atoms with Crippen molar-refractivity contribution in [3.8, 4) is 5.75 Å². The molecule has 1 saturated heterocycles. The minimum atomic E-state index is -0.215. The second kappa shape index (κ2) is 8.36. The highest BCUT2D eigenvalue weighted by atomic mass is 16.5. The van der Waals surface area contributed by atoms with E-state index in [0.717, 1.165) is 24.2 Å². The average molecular weight is 317 g/mol. The minimum Gasteiger partial charge on any atom is -0.496 e. The normalized spacial score (nSPS) is 18.0. The topological polar surface area (TPSA) is 55.8 Å². The predicted octanol–water partition coefficient (Wildman–Crippen LogP) is 2.51. The molecule has 5 heteroatoms. The van der Waals surface area contributed by atoms with Gasteiger partial charge in [0.25, 0.3) is 0 Å². The Labute approximate surface area is 136 Å². The molecule has 1 heterocycles. The van der Waals surface area contributed by atoms with Crippen LogP contribution in [0.5, 0.6) is 5.75 Å². The van der Waals surface area contributed by atoms with Gasteiger partial charge in [0.15, 0.2) is 0 Å². The van der Waals surface area contributed by atoms with Crippen molar-refractivity contribution in [3.05, 3.63) is 35.9 Å². The van der Waals surface area contributed by atoms with E-state index in [1.165, 1.54) is 6.08 Å². The van der Waals surface area contributed by atoms with E-state index in [2.05, 4.69) is 0 Å². The Bertz CT molecular complexity index is 582. The van der Waals surface area contributed by atoms with Crippen molar-refractivity contribution in [3.63, 3.8) is 0 Å². The minimum absolute atomic E-state index is 0.0927. The number of ether oxygens (including phenoxy) is 2. The number of hydrogen-bond donors (Lipinski definition) is 0. The lowest BCUT2D eigenvalue weighted by Gasteiger charge is -2.30. The third-order valence-electron chi connectivity index (χ3n) is 3.90. The fourth-order valence-corrected chi connectivity index (χ4v) is 2.70. The number of para-hydroxylation sites is 1. The summed E-state index contributed by atoms with van der Waals surface area (Å²) >= 11 is 0. The zero-order chi connectivity index (χ0) is 16.7. The van der Waals surface area contributed by atoms with Crippen molar-refractivity contribution in [1.82, 2.24) is 4.90 Å². The van der Waals surface area contributed by atoms with Crippen LogP contribution in [0.3, 0.4) is 0 Å². The van der Waals surface area contributed by atoms with Crippen LogP contribution >= 0.6 is 0 Å². The summed E-state index contributed by atoms with van der Waals surface area (Å²) in [4.78, 5) is 25.9. The summed E-state index contributed by atoms with van der Waals surface area (Å²) in [6.45, 7) is 3.26. The number of likely N-dealkylation sites (tertiary alicyclic amines) is 1. The predicted molar refractivity (Wildman–Crippen MR) is 88.0 cm³/mol. The van der Waals surface area contributed by atoms with E-state index in [-0.39, 0.29) is 17.8 Å². The Morgan fingerprint density at radius 2 is 2.13 bits per heavy atom. The molecule has 1 atom stereocenters. The van der Waals surface area contributed by atoms with Gasteiger partial charge >= 0.3 is 5.97 Å². The van der Waals surface area contributed by atoms with Crippen molar-refractivity contribution in [2.45, 2.75) is 19.8 Å². The third-order valence-corrected chi connectivity index (χ3v) is 3.90. The molecule has 0 bridgehead atoms. The second-order valence-electron chi connectivity index (χ2n) is 5.45. The smallest absolute Gasteiger partial charge is 0.310 e. The van der Waals surface area contributed by atoms with Gasteiger partial charge in [-0.1, -0.05) is 18.2 Å². The van der Waals surface area contributed by atoms with Crippen molar-refractivity contribution < 1.29 is 19.1 Å². The molecule has 0 aromatic heterocycles. The maximum absolute atomic E-state index is 12.3. The number of carbonyl (C=O) groups excluding carboxylic acids is 2. The van der Waals surface area contributed by atoms with Crippen LogP contribution in [0.2, 0.25) is 0 Å². The van der Waals surface area contributed by atoms with Crippen LogP contribution in [-0.4, -0.2) is 43.6 Å². The largest absolute Gasteiger partial charge is 0.496 e. The lowest BCUT2D eigenvalue weighted by Crippen LogP contribution is -2.42. The van der Waals surface area contributed by atoms with E-state index >= 15 is 0 Å². The van der Waals surface area contributed by atoms with Crippen LogP contribution < -0.4 is 4.74 Å². The standard InChI is InChI=1S/C18H23NO4/c1-3-23-18(21)15-8-6-12-19(13-15)17(20)11-10-14-7-4-5-9-16(14)22-2/h4-5,7,9-11,15H,3,6,8,12-13H2,1-2H3/b11-10+. The zero-order valence-electron chi connectivity index (χ0n) is 13.7. The van der Waals surface area contributed by atoms with Gasteiger partial charge in [0.05, 0.1) is 19.6 Å². The molecule has 1 aliphatic heterocycles. The van der Waals surface area contributed by atoms with Crippen molar-refractivity contribution in [2.75, 3.05) is 26.8 Å². The van der Waals surface area contributed by atoms with Crippen LogP contribution in [0.1, 0.15) is 25.3 Å². The number of esters is 1. The van der Waals surface area contributed by atoms with Gasteiger partial charge in [-0.3, -0.25) is 9.59 Å². The van der Waals surface area contributed by atoms with E-state index in [4.69, 9.17) is 9.47 Å². The van der Waals surface area contributed by atoms with Crippen molar-refractivity contribution in [1.29, 1.82) is 0 Å². The maximum atomic E-state index is 12.3. The molecular formula is C18H23NO4. The molecule has 1 fully saturated rings. The second-order valence-corrected chi connectivity index (χ2v) is 5.45. The molecule has 5 nitrogen and oxygen atoms in total. The van der Waals surface area contributed by atoms with Gasteiger partial charge in [-0.2, -0.15) is 0 Å². The lowest BCUT2D eigenvalue weighted by atomic mass is 9.98. The van der Waals surface area contributed by atoms with Gasteiger partial charge in [0.1, 0.15) is 5.75 Å². The molecule has 1 amide bonds. The molecule has 2 rings (SSSR count). The van der Waals surface area contributed by atoms with Gasteiger partial charge in [-0.25, -0.2) is 0 Å². The van der Waals surface area contributed by atoms with E-state index in [0.29, 0.717) is 19.7 Å². The van der Waals surface area contributed by atoms with E-state index in [1.807, 2.05) is 24.3 Å². The van der Waals surface area contributed by atoms with Crippen LogP contribution in [0.4, 0.5) is 0 Å². The molecule has 0 radical (unpaired) electrons. The summed E-state index contributed by atoms with van der Waals surface area (Å²) in [5.41, 5.74) is 0.849. The maximum Gasteiger partial charge on any atom is 0.310 e. The number of carbonyl (C=O) groups is 2. The first-order chi connectivity index (χ1) is 11.2. The summed E-state index contributed by atoms with van der Waals surface area (Å²) in [6, 6.07) is 7.51. The van der Waals surface area contributed by atoms with Crippen LogP contribution in [0.15, 0.2) is 30.3 Å². The Morgan fingerprint density at radius 3 is 2.87 bits per heavy atom. The van der Waals surface area contributed by atoms with Gasteiger partial charge < -0.3 is 14.4 Å². The molecule has 0 spiro atoms. The molecule has 1 aromatic carbocycles. The Morgan fingerprint density at radius 1 is 1.35 bits per heavy atom. The number of benzene rings is 1. The molecule has 1 aromatic rings. The Balaban J connectivity index is 1.99. The first-order valence-corrected chi connectivity index (χ1v) is 7.92. The Hall–Kier alpha value is -2.30. The van der Waals surface area contributed by atoms with E-state index in [9.17, 15) is 9.59 Å².